The van der Waals surface area contributed by atoms with Crippen LogP contribution >= 0.6 is 0 Å². The standard InChI is InChI=1S/C30H32N2O4/c1-5-19-35-24-17-15-22(16-18-24)31-28(33)25-26(20-11-13-21(14-12-20)30(2,3)4)32(36-27(25)29(31)34)23-9-7-6-8-10-23/h6-18,25-27H,5,19H2,1-4H3/t25-,26-,27+/m0/s1. The maximum atomic E-state index is 13.8. The van der Waals surface area contributed by atoms with Crippen molar-refractivity contribution in [2.75, 3.05) is 16.6 Å². The highest BCUT2D eigenvalue weighted by atomic mass is 16.7. The van der Waals surface area contributed by atoms with Crippen LogP contribution in [0.5, 0.6) is 5.75 Å². The summed E-state index contributed by atoms with van der Waals surface area (Å²) >= 11 is 0. The van der Waals surface area contributed by atoms with Gasteiger partial charge < -0.3 is 4.74 Å². The van der Waals surface area contributed by atoms with Crippen LogP contribution in [0.25, 0.3) is 0 Å². The maximum absolute atomic E-state index is 13.8. The number of anilines is 2. The number of imide groups is 1. The van der Waals surface area contributed by atoms with Gasteiger partial charge in [0.2, 0.25) is 5.91 Å². The number of nitrogens with zero attached hydrogens (tertiary/aromatic N) is 2. The van der Waals surface area contributed by atoms with E-state index in [9.17, 15) is 9.59 Å². The van der Waals surface area contributed by atoms with Crippen molar-refractivity contribution in [3.8, 4) is 5.75 Å². The molecular weight excluding hydrogens is 452 g/mol. The third-order valence-electron chi connectivity index (χ3n) is 6.81. The van der Waals surface area contributed by atoms with Crippen molar-refractivity contribution in [1.82, 2.24) is 0 Å². The average Bonchev–Trinajstić information content (AvgIpc) is 3.39. The fraction of sp³-hybridized carbons (Fsp3) is 0.333. The summed E-state index contributed by atoms with van der Waals surface area (Å²) in [6.45, 7) is 9.16. The van der Waals surface area contributed by atoms with Crippen LogP contribution in [0.3, 0.4) is 0 Å². The molecule has 0 N–H and O–H groups in total. The Labute approximate surface area is 212 Å². The Morgan fingerprint density at radius 3 is 2.11 bits per heavy atom. The lowest BCUT2D eigenvalue weighted by atomic mass is 9.84. The summed E-state index contributed by atoms with van der Waals surface area (Å²) in [5.74, 6) is -0.546. The monoisotopic (exact) mass is 484 g/mol. The van der Waals surface area contributed by atoms with Crippen LogP contribution in [0.4, 0.5) is 11.4 Å². The van der Waals surface area contributed by atoms with Gasteiger partial charge in [0.15, 0.2) is 6.10 Å². The molecule has 3 aromatic rings. The number of carbonyl (C=O) groups excluding carboxylic acids is 2. The molecule has 3 aromatic carbocycles. The van der Waals surface area contributed by atoms with Crippen molar-refractivity contribution in [2.24, 2.45) is 5.92 Å². The molecule has 0 bridgehead atoms. The van der Waals surface area contributed by atoms with Crippen LogP contribution < -0.4 is 14.7 Å². The molecule has 5 rings (SSSR count). The number of benzene rings is 3. The van der Waals surface area contributed by atoms with E-state index in [1.54, 1.807) is 29.3 Å². The smallest absolute Gasteiger partial charge is 0.266 e. The summed E-state index contributed by atoms with van der Waals surface area (Å²) in [5, 5.41) is 1.73. The number of ether oxygens (including phenoxy) is 1. The SMILES string of the molecule is CCCOc1ccc(N2C(=O)[C@@H]3[C@@H](ON(c4ccccc4)[C@H]3c3ccc(C(C)(C)C)cc3)C2=O)cc1. The highest BCUT2D eigenvalue weighted by Crippen LogP contribution is 2.47. The molecule has 3 atom stereocenters. The summed E-state index contributed by atoms with van der Waals surface area (Å²) in [6, 6.07) is 24.6. The largest absolute Gasteiger partial charge is 0.494 e. The minimum absolute atomic E-state index is 0.00923. The van der Waals surface area contributed by atoms with Crippen LogP contribution in [-0.2, 0) is 19.8 Å². The van der Waals surface area contributed by atoms with Gasteiger partial charge in [-0.15, -0.1) is 0 Å². The Balaban J connectivity index is 1.50. The van der Waals surface area contributed by atoms with Gasteiger partial charge in [-0.2, -0.15) is 0 Å². The van der Waals surface area contributed by atoms with Gasteiger partial charge in [0.1, 0.15) is 11.7 Å². The zero-order chi connectivity index (χ0) is 25.4. The van der Waals surface area contributed by atoms with Crippen LogP contribution in [0, 0.1) is 5.92 Å². The number of rotatable bonds is 6. The molecule has 2 aliphatic rings. The van der Waals surface area contributed by atoms with E-state index in [4.69, 9.17) is 9.57 Å². The summed E-state index contributed by atoms with van der Waals surface area (Å²) in [4.78, 5) is 34.8. The predicted molar refractivity (Wildman–Crippen MR) is 140 cm³/mol. The lowest BCUT2D eigenvalue weighted by molar-refractivity contribution is -0.126. The number of carbonyl (C=O) groups is 2. The molecule has 0 aliphatic carbocycles. The second kappa shape index (κ2) is 9.43. The molecule has 2 heterocycles. The quantitative estimate of drug-likeness (QED) is 0.413. The van der Waals surface area contributed by atoms with Crippen molar-refractivity contribution in [3.63, 3.8) is 0 Å². The Kier molecular flexibility index (Phi) is 6.31. The van der Waals surface area contributed by atoms with Crippen LogP contribution in [-0.4, -0.2) is 24.5 Å². The molecule has 2 aliphatic heterocycles. The van der Waals surface area contributed by atoms with Gasteiger partial charge in [-0.1, -0.05) is 70.2 Å². The Bertz CT molecular complexity index is 1230. The Morgan fingerprint density at radius 1 is 0.833 bits per heavy atom. The van der Waals surface area contributed by atoms with E-state index in [0.29, 0.717) is 18.0 Å². The van der Waals surface area contributed by atoms with Gasteiger partial charge in [0, 0.05) is 0 Å². The zero-order valence-corrected chi connectivity index (χ0v) is 21.2. The van der Waals surface area contributed by atoms with Crippen molar-refractivity contribution in [3.05, 3.63) is 90.0 Å². The van der Waals surface area contributed by atoms with Crippen molar-refractivity contribution >= 4 is 23.2 Å². The molecule has 0 saturated carbocycles. The van der Waals surface area contributed by atoms with Crippen molar-refractivity contribution in [2.45, 2.75) is 51.7 Å². The highest BCUT2D eigenvalue weighted by Gasteiger charge is 2.60. The third-order valence-corrected chi connectivity index (χ3v) is 6.81. The molecule has 2 amide bonds. The lowest BCUT2D eigenvalue weighted by Gasteiger charge is -2.29. The molecule has 186 valence electrons. The number of fused-ring (bicyclic) bond motifs is 1. The molecule has 0 radical (unpaired) electrons. The maximum Gasteiger partial charge on any atom is 0.266 e. The third kappa shape index (κ3) is 4.26. The minimum Gasteiger partial charge on any atom is -0.494 e. The number of amides is 2. The summed E-state index contributed by atoms with van der Waals surface area (Å²) in [5.41, 5.74) is 3.48. The fourth-order valence-electron chi connectivity index (χ4n) is 4.90. The van der Waals surface area contributed by atoms with Crippen LogP contribution in [0.15, 0.2) is 78.9 Å². The van der Waals surface area contributed by atoms with E-state index < -0.39 is 18.1 Å². The van der Waals surface area contributed by atoms with Crippen molar-refractivity contribution in [1.29, 1.82) is 0 Å². The number of hydrogen-bond acceptors (Lipinski definition) is 5. The first kappa shape index (κ1) is 24.1. The van der Waals surface area contributed by atoms with Gasteiger partial charge in [-0.3, -0.25) is 14.4 Å². The van der Waals surface area contributed by atoms with E-state index in [0.717, 1.165) is 17.7 Å². The van der Waals surface area contributed by atoms with Gasteiger partial charge >= 0.3 is 0 Å². The van der Waals surface area contributed by atoms with E-state index in [1.165, 1.54) is 10.5 Å². The average molecular weight is 485 g/mol. The van der Waals surface area contributed by atoms with Crippen molar-refractivity contribution < 1.29 is 19.2 Å². The topological polar surface area (TPSA) is 59.1 Å². The number of hydrogen-bond donors (Lipinski definition) is 0. The normalized spacial score (nSPS) is 21.7. The summed E-state index contributed by atoms with van der Waals surface area (Å²) in [6.07, 6.45) is 0.0164. The molecule has 0 spiro atoms. The molecule has 0 unspecified atom stereocenters. The van der Waals surface area contributed by atoms with Gasteiger partial charge in [-0.05, 0) is 59.4 Å². The van der Waals surface area contributed by atoms with Crippen LogP contribution in [0.2, 0.25) is 0 Å². The van der Waals surface area contributed by atoms with E-state index >= 15 is 0 Å². The second-order valence-electron chi connectivity index (χ2n) is 10.4. The molecule has 36 heavy (non-hydrogen) atoms. The molecule has 0 aromatic heterocycles. The Hall–Kier alpha value is -3.64. The first-order chi connectivity index (χ1) is 17.3. The first-order valence-corrected chi connectivity index (χ1v) is 12.5. The predicted octanol–water partition coefficient (Wildman–Crippen LogP) is 5.82. The second-order valence-corrected chi connectivity index (χ2v) is 10.4. The van der Waals surface area contributed by atoms with E-state index in [2.05, 4.69) is 32.9 Å². The number of para-hydroxylation sites is 1. The van der Waals surface area contributed by atoms with E-state index in [-0.39, 0.29) is 17.2 Å². The number of hydroxylamine groups is 1. The van der Waals surface area contributed by atoms with Crippen LogP contribution in [0.1, 0.15) is 51.3 Å². The van der Waals surface area contributed by atoms with Gasteiger partial charge in [0.05, 0.1) is 24.0 Å². The Morgan fingerprint density at radius 2 is 1.50 bits per heavy atom. The zero-order valence-electron chi connectivity index (χ0n) is 21.2. The fourth-order valence-corrected chi connectivity index (χ4v) is 4.90. The highest BCUT2D eigenvalue weighted by molar-refractivity contribution is 6.23. The molecular formula is C30H32N2O4. The lowest BCUT2D eigenvalue weighted by Crippen LogP contribution is -2.37. The van der Waals surface area contributed by atoms with Gasteiger partial charge in [-0.25, -0.2) is 9.96 Å². The molecule has 6 nitrogen and oxygen atoms in total. The summed E-state index contributed by atoms with van der Waals surface area (Å²) in [7, 11) is 0. The molecule has 2 fully saturated rings. The minimum atomic E-state index is -0.888. The van der Waals surface area contributed by atoms with Gasteiger partial charge in [0.25, 0.3) is 5.91 Å². The summed E-state index contributed by atoms with van der Waals surface area (Å²) < 4.78 is 5.65. The molecule has 2 saturated heterocycles. The molecule has 6 heteroatoms. The first-order valence-electron chi connectivity index (χ1n) is 12.5. The van der Waals surface area contributed by atoms with E-state index in [1.807, 2.05) is 49.4 Å².